The van der Waals surface area contributed by atoms with Crippen LogP contribution in [0.2, 0.25) is 0 Å². The standard InChI is InChI=1S/C25H22FNO2/c1-14-21-19(27-25(2,3)24(14)28)12-11-18-17-9-4-5-10-20(17)29-23(22(18)21)15-7-6-8-16(26)13-15/h4-14,23,27H,1-3H3/t14-,23-/m1/s1. The van der Waals surface area contributed by atoms with Crippen molar-refractivity contribution in [2.75, 3.05) is 5.32 Å². The van der Waals surface area contributed by atoms with Crippen LogP contribution in [-0.2, 0) is 4.79 Å². The summed E-state index contributed by atoms with van der Waals surface area (Å²) in [6.07, 6.45) is -0.483. The second-order valence-corrected chi connectivity index (χ2v) is 8.37. The van der Waals surface area contributed by atoms with Crippen molar-refractivity contribution in [2.24, 2.45) is 0 Å². The number of halogens is 1. The van der Waals surface area contributed by atoms with Crippen molar-refractivity contribution in [2.45, 2.75) is 38.3 Å². The molecule has 0 aliphatic carbocycles. The number of Topliss-reactive ketones (excluding diaryl/α,β-unsaturated/α-hetero) is 1. The average molecular weight is 387 g/mol. The number of carbonyl (C=O) groups is 1. The molecular weight excluding hydrogens is 365 g/mol. The van der Waals surface area contributed by atoms with E-state index in [-0.39, 0.29) is 17.5 Å². The largest absolute Gasteiger partial charge is 0.480 e. The number of nitrogens with one attached hydrogen (secondary N) is 1. The van der Waals surface area contributed by atoms with Crippen molar-refractivity contribution in [3.8, 4) is 16.9 Å². The quantitative estimate of drug-likeness (QED) is 0.569. The number of ketones is 1. The first kappa shape index (κ1) is 17.9. The molecule has 4 heteroatoms. The summed E-state index contributed by atoms with van der Waals surface area (Å²) in [5.41, 5.74) is 4.93. The lowest BCUT2D eigenvalue weighted by atomic mass is 9.74. The lowest BCUT2D eigenvalue weighted by Gasteiger charge is -2.40. The van der Waals surface area contributed by atoms with E-state index in [1.165, 1.54) is 12.1 Å². The molecule has 2 heterocycles. The number of carbonyl (C=O) groups excluding carboxylic acids is 1. The van der Waals surface area contributed by atoms with Gasteiger partial charge in [0, 0.05) is 22.7 Å². The van der Waals surface area contributed by atoms with Gasteiger partial charge in [-0.15, -0.1) is 0 Å². The Morgan fingerprint density at radius 3 is 2.55 bits per heavy atom. The van der Waals surface area contributed by atoms with Crippen LogP contribution in [0, 0.1) is 5.82 Å². The zero-order valence-corrected chi connectivity index (χ0v) is 16.6. The van der Waals surface area contributed by atoms with Crippen LogP contribution in [0.3, 0.4) is 0 Å². The Balaban J connectivity index is 1.81. The summed E-state index contributed by atoms with van der Waals surface area (Å²) in [6.45, 7) is 5.77. The number of para-hydroxylation sites is 1. The molecule has 0 spiro atoms. The molecule has 2 aliphatic rings. The molecule has 0 saturated carbocycles. The van der Waals surface area contributed by atoms with Gasteiger partial charge in [-0.25, -0.2) is 4.39 Å². The van der Waals surface area contributed by atoms with Gasteiger partial charge in [-0.2, -0.15) is 0 Å². The maximum Gasteiger partial charge on any atom is 0.164 e. The number of fused-ring (bicyclic) bond motifs is 5. The summed E-state index contributed by atoms with van der Waals surface area (Å²) < 4.78 is 20.4. The van der Waals surface area contributed by atoms with Gasteiger partial charge in [0.2, 0.25) is 0 Å². The molecule has 146 valence electrons. The van der Waals surface area contributed by atoms with Gasteiger partial charge in [-0.1, -0.05) is 43.3 Å². The average Bonchev–Trinajstić information content (AvgIpc) is 2.70. The van der Waals surface area contributed by atoms with E-state index in [9.17, 15) is 9.18 Å². The maximum absolute atomic E-state index is 14.1. The minimum Gasteiger partial charge on any atom is -0.480 e. The van der Waals surface area contributed by atoms with E-state index in [1.54, 1.807) is 6.07 Å². The first-order chi connectivity index (χ1) is 13.9. The molecule has 2 atom stereocenters. The van der Waals surface area contributed by atoms with Crippen LogP contribution in [0.4, 0.5) is 10.1 Å². The molecule has 3 nitrogen and oxygen atoms in total. The van der Waals surface area contributed by atoms with Crippen molar-refractivity contribution in [3.05, 3.63) is 83.2 Å². The summed E-state index contributed by atoms with van der Waals surface area (Å²) in [7, 11) is 0. The Morgan fingerprint density at radius 2 is 1.76 bits per heavy atom. The molecular formula is C25H22FNO2. The molecule has 29 heavy (non-hydrogen) atoms. The fourth-order valence-corrected chi connectivity index (χ4v) is 4.68. The van der Waals surface area contributed by atoms with Crippen molar-refractivity contribution in [3.63, 3.8) is 0 Å². The van der Waals surface area contributed by atoms with Crippen LogP contribution in [0.25, 0.3) is 11.1 Å². The molecule has 0 aromatic heterocycles. The molecule has 5 rings (SSSR count). The minimum absolute atomic E-state index is 0.134. The van der Waals surface area contributed by atoms with Crippen molar-refractivity contribution in [1.82, 2.24) is 0 Å². The van der Waals surface area contributed by atoms with Crippen LogP contribution >= 0.6 is 0 Å². The van der Waals surface area contributed by atoms with Gasteiger partial charge >= 0.3 is 0 Å². The minimum atomic E-state index is -0.636. The molecule has 0 fully saturated rings. The number of hydrogen-bond donors (Lipinski definition) is 1. The molecule has 0 bridgehead atoms. The Labute approximate surface area is 169 Å². The third kappa shape index (κ3) is 2.66. The zero-order valence-electron chi connectivity index (χ0n) is 16.6. The van der Waals surface area contributed by atoms with E-state index in [0.29, 0.717) is 0 Å². The van der Waals surface area contributed by atoms with Gasteiger partial charge in [-0.05, 0) is 54.8 Å². The van der Waals surface area contributed by atoms with E-state index < -0.39 is 11.6 Å². The maximum atomic E-state index is 14.1. The molecule has 0 amide bonds. The molecule has 3 aromatic carbocycles. The summed E-state index contributed by atoms with van der Waals surface area (Å²) in [5.74, 6) is 0.299. The number of benzene rings is 3. The van der Waals surface area contributed by atoms with Gasteiger partial charge in [0.05, 0.1) is 5.54 Å². The van der Waals surface area contributed by atoms with Gasteiger partial charge in [-0.3, -0.25) is 4.79 Å². The smallest absolute Gasteiger partial charge is 0.164 e. The van der Waals surface area contributed by atoms with Gasteiger partial charge in [0.1, 0.15) is 17.7 Å². The van der Waals surface area contributed by atoms with Crippen molar-refractivity contribution >= 4 is 11.5 Å². The van der Waals surface area contributed by atoms with Crippen LogP contribution in [0.15, 0.2) is 60.7 Å². The first-order valence-electron chi connectivity index (χ1n) is 9.87. The van der Waals surface area contributed by atoms with E-state index in [1.807, 2.05) is 57.2 Å². The predicted octanol–water partition coefficient (Wildman–Crippen LogP) is 5.85. The fraction of sp³-hybridized carbons (Fsp3) is 0.240. The fourth-order valence-electron chi connectivity index (χ4n) is 4.68. The van der Waals surface area contributed by atoms with Crippen LogP contribution < -0.4 is 10.1 Å². The third-order valence-electron chi connectivity index (χ3n) is 6.01. The van der Waals surface area contributed by atoms with Crippen LogP contribution in [0.1, 0.15) is 49.5 Å². The monoisotopic (exact) mass is 387 g/mol. The van der Waals surface area contributed by atoms with Crippen LogP contribution in [-0.4, -0.2) is 11.3 Å². The zero-order chi connectivity index (χ0) is 20.3. The van der Waals surface area contributed by atoms with E-state index in [4.69, 9.17) is 4.74 Å². The molecule has 2 aliphatic heterocycles. The second kappa shape index (κ2) is 6.18. The Kier molecular flexibility index (Phi) is 3.82. The Bertz CT molecular complexity index is 1150. The van der Waals surface area contributed by atoms with Crippen molar-refractivity contribution in [1.29, 1.82) is 0 Å². The second-order valence-electron chi connectivity index (χ2n) is 8.37. The topological polar surface area (TPSA) is 38.3 Å². The molecule has 0 radical (unpaired) electrons. The molecule has 3 aromatic rings. The van der Waals surface area contributed by atoms with E-state index in [0.717, 1.165) is 39.3 Å². The highest BCUT2D eigenvalue weighted by molar-refractivity contribution is 6.01. The highest BCUT2D eigenvalue weighted by Crippen LogP contribution is 2.51. The Hall–Kier alpha value is -3.14. The van der Waals surface area contributed by atoms with Gasteiger partial charge in [0.15, 0.2) is 5.78 Å². The first-order valence-corrected chi connectivity index (χ1v) is 9.87. The molecule has 0 saturated heterocycles. The number of hydrogen-bond acceptors (Lipinski definition) is 3. The summed E-state index contributed by atoms with van der Waals surface area (Å²) in [5, 5.41) is 3.39. The summed E-state index contributed by atoms with van der Waals surface area (Å²) in [4.78, 5) is 13.1. The highest BCUT2D eigenvalue weighted by atomic mass is 19.1. The van der Waals surface area contributed by atoms with Crippen molar-refractivity contribution < 1.29 is 13.9 Å². The van der Waals surface area contributed by atoms with Gasteiger partial charge in [0.25, 0.3) is 0 Å². The number of anilines is 1. The predicted molar refractivity (Wildman–Crippen MR) is 112 cm³/mol. The molecule has 0 unspecified atom stereocenters. The SMILES string of the molecule is C[C@H]1C(=O)C(C)(C)Nc2ccc3c(c21)[C@@H](c1cccc(F)c1)Oc1ccccc1-3. The van der Waals surface area contributed by atoms with E-state index >= 15 is 0 Å². The van der Waals surface area contributed by atoms with Crippen LogP contribution in [0.5, 0.6) is 5.75 Å². The Morgan fingerprint density at radius 1 is 0.966 bits per heavy atom. The lowest BCUT2D eigenvalue weighted by Crippen LogP contribution is -2.47. The summed E-state index contributed by atoms with van der Waals surface area (Å²) in [6, 6.07) is 18.5. The normalized spacial score (nSPS) is 21.3. The summed E-state index contributed by atoms with van der Waals surface area (Å²) >= 11 is 0. The van der Waals surface area contributed by atoms with E-state index in [2.05, 4.69) is 11.4 Å². The highest BCUT2D eigenvalue weighted by Gasteiger charge is 2.42. The number of rotatable bonds is 1. The molecule has 1 N–H and O–H groups in total. The third-order valence-corrected chi connectivity index (χ3v) is 6.01. The van der Waals surface area contributed by atoms with Gasteiger partial charge < -0.3 is 10.1 Å². The number of ether oxygens (including phenoxy) is 1. The lowest BCUT2D eigenvalue weighted by molar-refractivity contribution is -0.123.